The molecule has 0 aromatic heterocycles. The zero-order chi connectivity index (χ0) is 14.2. The van der Waals surface area contributed by atoms with E-state index in [1.807, 2.05) is 13.8 Å². The summed E-state index contributed by atoms with van der Waals surface area (Å²) in [5, 5.41) is 3.53. The highest BCUT2D eigenvalue weighted by Crippen LogP contribution is 2.29. The Morgan fingerprint density at radius 1 is 1.15 bits per heavy atom. The summed E-state index contributed by atoms with van der Waals surface area (Å²) in [6.45, 7) is 10.3. The normalized spacial score (nSPS) is 23.7. The lowest BCUT2D eigenvalue weighted by molar-refractivity contribution is -0.142. The lowest BCUT2D eigenvalue weighted by Crippen LogP contribution is -2.40. The average molecular weight is 284 g/mol. The molecule has 1 saturated heterocycles. The van der Waals surface area contributed by atoms with E-state index in [4.69, 9.17) is 9.47 Å². The number of nitrogens with one attached hydrogen (secondary N) is 1. The lowest BCUT2D eigenvalue weighted by atomic mass is 9.99. The second-order valence-electron chi connectivity index (χ2n) is 6.07. The van der Waals surface area contributed by atoms with Crippen LogP contribution in [0.1, 0.15) is 46.0 Å². The minimum atomic E-state index is -0.0178. The van der Waals surface area contributed by atoms with Crippen LogP contribution in [0.15, 0.2) is 0 Å². The van der Waals surface area contributed by atoms with Crippen molar-refractivity contribution < 1.29 is 9.47 Å². The van der Waals surface area contributed by atoms with Crippen LogP contribution in [0.3, 0.4) is 0 Å². The smallest absolute Gasteiger partial charge is 0.158 e. The molecule has 118 valence electrons. The highest BCUT2D eigenvalue weighted by Gasteiger charge is 2.31. The van der Waals surface area contributed by atoms with Crippen molar-refractivity contribution >= 4 is 0 Å². The number of hydrogen-bond acceptors (Lipinski definition) is 4. The van der Waals surface area contributed by atoms with Crippen LogP contribution in [0.2, 0.25) is 0 Å². The van der Waals surface area contributed by atoms with Gasteiger partial charge in [-0.3, -0.25) is 4.90 Å². The summed E-state index contributed by atoms with van der Waals surface area (Å²) in [5.74, 6) is 0.835. The van der Waals surface area contributed by atoms with Crippen molar-refractivity contribution in [1.29, 1.82) is 0 Å². The molecule has 0 aromatic rings. The number of rotatable bonds is 10. The zero-order valence-electron chi connectivity index (χ0n) is 13.3. The fourth-order valence-corrected chi connectivity index (χ4v) is 3.13. The van der Waals surface area contributed by atoms with E-state index in [0.717, 1.165) is 38.1 Å². The van der Waals surface area contributed by atoms with Crippen LogP contribution in [-0.4, -0.2) is 56.6 Å². The van der Waals surface area contributed by atoms with Gasteiger partial charge in [0.1, 0.15) is 0 Å². The maximum absolute atomic E-state index is 5.66. The maximum atomic E-state index is 5.66. The van der Waals surface area contributed by atoms with E-state index in [-0.39, 0.29) is 6.29 Å². The van der Waals surface area contributed by atoms with E-state index in [2.05, 4.69) is 10.2 Å². The Balaban J connectivity index is 1.73. The van der Waals surface area contributed by atoms with Gasteiger partial charge < -0.3 is 14.8 Å². The molecular formula is C16H32N2O2. The van der Waals surface area contributed by atoms with Gasteiger partial charge in [-0.1, -0.05) is 0 Å². The van der Waals surface area contributed by atoms with Gasteiger partial charge in [0.2, 0.25) is 0 Å². The summed E-state index contributed by atoms with van der Waals surface area (Å²) < 4.78 is 11.3. The third kappa shape index (κ3) is 5.68. The van der Waals surface area contributed by atoms with Crippen molar-refractivity contribution in [3.8, 4) is 0 Å². The molecule has 4 heteroatoms. The van der Waals surface area contributed by atoms with Gasteiger partial charge >= 0.3 is 0 Å². The summed E-state index contributed by atoms with van der Waals surface area (Å²) in [7, 11) is 0. The van der Waals surface area contributed by atoms with E-state index >= 15 is 0 Å². The van der Waals surface area contributed by atoms with E-state index in [9.17, 15) is 0 Å². The number of nitrogens with zero attached hydrogens (tertiary/aromatic N) is 1. The molecule has 0 bridgehead atoms. The highest BCUT2D eigenvalue weighted by molar-refractivity contribution is 4.86. The molecule has 2 rings (SSSR count). The minimum absolute atomic E-state index is 0.0178. The molecule has 2 fully saturated rings. The average Bonchev–Trinajstić information content (AvgIpc) is 3.29. The first-order valence-electron chi connectivity index (χ1n) is 8.51. The number of ether oxygens (including phenoxy) is 2. The summed E-state index contributed by atoms with van der Waals surface area (Å²) in [6, 6.07) is 0.834. The second kappa shape index (κ2) is 8.98. The molecular weight excluding hydrogens is 252 g/mol. The molecule has 2 aliphatic rings. The Hall–Kier alpha value is -0.160. The fourth-order valence-electron chi connectivity index (χ4n) is 3.13. The zero-order valence-corrected chi connectivity index (χ0v) is 13.3. The van der Waals surface area contributed by atoms with Gasteiger partial charge in [0.15, 0.2) is 6.29 Å². The molecule has 1 saturated carbocycles. The van der Waals surface area contributed by atoms with Gasteiger partial charge in [0.25, 0.3) is 0 Å². The Kier molecular flexibility index (Phi) is 7.28. The molecule has 1 N–H and O–H groups in total. The molecule has 4 nitrogen and oxygen atoms in total. The van der Waals surface area contributed by atoms with Crippen LogP contribution in [-0.2, 0) is 9.47 Å². The summed E-state index contributed by atoms with van der Waals surface area (Å²) in [4.78, 5) is 2.68. The lowest BCUT2D eigenvalue weighted by Gasteiger charge is -2.31. The van der Waals surface area contributed by atoms with Gasteiger partial charge in [-0.25, -0.2) is 0 Å². The molecule has 1 atom stereocenters. The molecule has 1 unspecified atom stereocenters. The van der Waals surface area contributed by atoms with Crippen LogP contribution < -0.4 is 5.32 Å². The largest absolute Gasteiger partial charge is 0.353 e. The second-order valence-corrected chi connectivity index (χ2v) is 6.07. The Labute approximate surface area is 124 Å². The third-order valence-electron chi connectivity index (χ3n) is 4.31. The van der Waals surface area contributed by atoms with Gasteiger partial charge in [-0.05, 0) is 58.5 Å². The Bertz CT molecular complexity index is 247. The molecule has 0 amide bonds. The number of piperidine rings is 1. The van der Waals surface area contributed by atoms with Crippen LogP contribution >= 0.6 is 0 Å². The maximum Gasteiger partial charge on any atom is 0.158 e. The Morgan fingerprint density at radius 3 is 2.45 bits per heavy atom. The molecule has 0 radical (unpaired) electrons. The minimum Gasteiger partial charge on any atom is -0.353 e. The first-order chi connectivity index (χ1) is 9.83. The van der Waals surface area contributed by atoms with Crippen LogP contribution in [0.4, 0.5) is 0 Å². The molecule has 20 heavy (non-hydrogen) atoms. The monoisotopic (exact) mass is 284 g/mol. The first-order valence-corrected chi connectivity index (χ1v) is 8.51. The van der Waals surface area contributed by atoms with Crippen molar-refractivity contribution in [3.63, 3.8) is 0 Å². The van der Waals surface area contributed by atoms with Crippen molar-refractivity contribution in [2.24, 2.45) is 5.92 Å². The van der Waals surface area contributed by atoms with Gasteiger partial charge in [0, 0.05) is 38.8 Å². The topological polar surface area (TPSA) is 33.7 Å². The molecule has 1 aliphatic heterocycles. The van der Waals surface area contributed by atoms with E-state index < -0.39 is 0 Å². The van der Waals surface area contributed by atoms with Crippen LogP contribution in [0, 0.1) is 5.92 Å². The van der Waals surface area contributed by atoms with E-state index in [0.29, 0.717) is 0 Å². The predicted molar refractivity (Wildman–Crippen MR) is 81.8 cm³/mol. The van der Waals surface area contributed by atoms with Crippen molar-refractivity contribution in [1.82, 2.24) is 10.2 Å². The summed E-state index contributed by atoms with van der Waals surface area (Å²) >= 11 is 0. The van der Waals surface area contributed by atoms with Gasteiger partial charge in [-0.15, -0.1) is 0 Å². The molecule has 0 spiro atoms. The van der Waals surface area contributed by atoms with Crippen molar-refractivity contribution in [3.05, 3.63) is 0 Å². The quantitative estimate of drug-likeness (QED) is 0.624. The standard InChI is InChI=1S/C16H32N2O2/c1-3-19-16(20-4-2)9-11-18(15-7-8-15)13-14-6-5-10-17-12-14/h14-17H,3-13H2,1-2H3. The first kappa shape index (κ1) is 16.2. The molecule has 1 heterocycles. The molecule has 1 aliphatic carbocycles. The van der Waals surface area contributed by atoms with Crippen molar-refractivity contribution in [2.45, 2.75) is 58.3 Å². The third-order valence-corrected chi connectivity index (χ3v) is 4.31. The van der Waals surface area contributed by atoms with E-state index in [1.54, 1.807) is 0 Å². The SMILES string of the molecule is CCOC(CCN(CC1CCCNC1)C1CC1)OCC. The number of hydrogen-bond donors (Lipinski definition) is 1. The van der Waals surface area contributed by atoms with Crippen LogP contribution in [0.5, 0.6) is 0 Å². The van der Waals surface area contributed by atoms with Gasteiger partial charge in [0.05, 0.1) is 0 Å². The van der Waals surface area contributed by atoms with Crippen LogP contribution in [0.25, 0.3) is 0 Å². The Morgan fingerprint density at radius 2 is 1.90 bits per heavy atom. The summed E-state index contributed by atoms with van der Waals surface area (Å²) in [6.07, 6.45) is 6.47. The summed E-state index contributed by atoms with van der Waals surface area (Å²) in [5.41, 5.74) is 0. The fraction of sp³-hybridized carbons (Fsp3) is 1.00. The van der Waals surface area contributed by atoms with Crippen molar-refractivity contribution in [2.75, 3.05) is 39.4 Å². The molecule has 0 aromatic carbocycles. The van der Waals surface area contributed by atoms with E-state index in [1.165, 1.54) is 45.3 Å². The predicted octanol–water partition coefficient (Wildman–Crippen LogP) is 2.24. The van der Waals surface area contributed by atoms with Gasteiger partial charge in [-0.2, -0.15) is 0 Å². The highest BCUT2D eigenvalue weighted by atomic mass is 16.7.